The van der Waals surface area contributed by atoms with E-state index in [1.54, 1.807) is 21.3 Å². The lowest BCUT2D eigenvalue weighted by Gasteiger charge is -2.36. The minimum absolute atomic E-state index is 0.337. The second-order valence-corrected chi connectivity index (χ2v) is 6.72. The van der Waals surface area contributed by atoms with Gasteiger partial charge in [0, 0.05) is 43.9 Å². The van der Waals surface area contributed by atoms with Crippen molar-refractivity contribution in [2.75, 3.05) is 47.5 Å². The van der Waals surface area contributed by atoms with E-state index in [9.17, 15) is 0 Å². The molecule has 2 rings (SSSR count). The number of nitrogens with one attached hydrogen (secondary N) is 1. The Bertz CT molecular complexity index is 514. The summed E-state index contributed by atoms with van der Waals surface area (Å²) in [7, 11) is 5.06. The van der Waals surface area contributed by atoms with E-state index in [-0.39, 0.29) is 0 Å². The van der Waals surface area contributed by atoms with Gasteiger partial charge in [-0.15, -0.1) is 0 Å². The van der Waals surface area contributed by atoms with Gasteiger partial charge in [-0.1, -0.05) is 13.8 Å². The third kappa shape index (κ3) is 4.54. The number of hydrogen-bond acceptors (Lipinski definition) is 5. The van der Waals surface area contributed by atoms with Crippen LogP contribution in [0.2, 0.25) is 0 Å². The average Bonchev–Trinajstić information content (AvgIpc) is 2.61. The van der Waals surface area contributed by atoms with E-state index in [4.69, 9.17) is 14.2 Å². The largest absolute Gasteiger partial charge is 0.496 e. The number of rotatable bonds is 8. The molecule has 1 aromatic carbocycles. The first-order valence-electron chi connectivity index (χ1n) is 8.85. The molecular weight excluding hydrogens is 304 g/mol. The molecule has 1 aliphatic heterocycles. The van der Waals surface area contributed by atoms with Gasteiger partial charge < -0.3 is 19.5 Å². The summed E-state index contributed by atoms with van der Waals surface area (Å²) in [5, 5.41) is 3.44. The Morgan fingerprint density at radius 2 is 1.50 bits per heavy atom. The third-order valence-corrected chi connectivity index (χ3v) is 4.70. The minimum atomic E-state index is 0.337. The SMILES string of the molecule is COc1cc(OC)c([C@@H](CCC(C)C)N2CCNCC2)cc1OC. The smallest absolute Gasteiger partial charge is 0.164 e. The van der Waals surface area contributed by atoms with Crippen LogP contribution in [0.25, 0.3) is 0 Å². The molecule has 1 heterocycles. The van der Waals surface area contributed by atoms with Crippen molar-refractivity contribution in [1.29, 1.82) is 0 Å². The van der Waals surface area contributed by atoms with Gasteiger partial charge in [0.15, 0.2) is 11.5 Å². The van der Waals surface area contributed by atoms with Crippen molar-refractivity contribution in [3.63, 3.8) is 0 Å². The normalized spacial score (nSPS) is 16.9. The summed E-state index contributed by atoms with van der Waals surface area (Å²) in [6.07, 6.45) is 2.30. The summed E-state index contributed by atoms with van der Waals surface area (Å²) in [5.41, 5.74) is 1.19. The first kappa shape index (κ1) is 18.9. The lowest BCUT2D eigenvalue weighted by atomic mass is 9.94. The fourth-order valence-corrected chi connectivity index (χ4v) is 3.33. The highest BCUT2D eigenvalue weighted by Crippen LogP contribution is 2.41. The molecular formula is C19H32N2O3. The van der Waals surface area contributed by atoms with Crippen LogP contribution in [0.3, 0.4) is 0 Å². The van der Waals surface area contributed by atoms with Crippen LogP contribution in [0.1, 0.15) is 38.3 Å². The molecule has 5 heteroatoms. The van der Waals surface area contributed by atoms with Crippen LogP contribution >= 0.6 is 0 Å². The third-order valence-electron chi connectivity index (χ3n) is 4.70. The Balaban J connectivity index is 2.38. The lowest BCUT2D eigenvalue weighted by molar-refractivity contribution is 0.156. The molecule has 1 aromatic rings. The zero-order chi connectivity index (χ0) is 17.5. The first-order valence-corrected chi connectivity index (χ1v) is 8.85. The molecule has 0 aromatic heterocycles. The summed E-state index contributed by atoms with van der Waals surface area (Å²) in [6.45, 7) is 8.74. The van der Waals surface area contributed by atoms with Crippen LogP contribution in [0, 0.1) is 5.92 Å². The van der Waals surface area contributed by atoms with Gasteiger partial charge in [-0.25, -0.2) is 0 Å². The molecule has 0 amide bonds. The quantitative estimate of drug-likeness (QED) is 0.790. The van der Waals surface area contributed by atoms with Gasteiger partial charge >= 0.3 is 0 Å². The maximum absolute atomic E-state index is 5.69. The van der Waals surface area contributed by atoms with Gasteiger partial charge in [0.1, 0.15) is 5.75 Å². The summed E-state index contributed by atoms with van der Waals surface area (Å²) >= 11 is 0. The summed E-state index contributed by atoms with van der Waals surface area (Å²) in [4.78, 5) is 2.56. The van der Waals surface area contributed by atoms with Crippen molar-refractivity contribution in [2.45, 2.75) is 32.7 Å². The van der Waals surface area contributed by atoms with E-state index in [2.05, 4.69) is 30.1 Å². The predicted molar refractivity (Wildman–Crippen MR) is 97.4 cm³/mol. The van der Waals surface area contributed by atoms with E-state index in [1.165, 1.54) is 12.0 Å². The van der Waals surface area contributed by atoms with Gasteiger partial charge in [0.25, 0.3) is 0 Å². The topological polar surface area (TPSA) is 43.0 Å². The van der Waals surface area contributed by atoms with E-state index < -0.39 is 0 Å². The molecule has 0 unspecified atom stereocenters. The Hall–Kier alpha value is -1.46. The summed E-state index contributed by atoms with van der Waals surface area (Å²) in [5.74, 6) is 3.03. The van der Waals surface area contributed by atoms with Crippen LogP contribution < -0.4 is 19.5 Å². The van der Waals surface area contributed by atoms with Crippen LogP contribution in [-0.2, 0) is 0 Å². The maximum atomic E-state index is 5.69. The molecule has 1 atom stereocenters. The van der Waals surface area contributed by atoms with E-state index >= 15 is 0 Å². The Morgan fingerprint density at radius 3 is 2.04 bits per heavy atom. The number of methoxy groups -OCH3 is 3. The van der Waals surface area contributed by atoms with Crippen molar-refractivity contribution >= 4 is 0 Å². The van der Waals surface area contributed by atoms with Gasteiger partial charge in [-0.05, 0) is 24.8 Å². The maximum Gasteiger partial charge on any atom is 0.164 e. The zero-order valence-corrected chi connectivity index (χ0v) is 15.7. The van der Waals surface area contributed by atoms with E-state index in [1.807, 2.05) is 6.07 Å². The second kappa shape index (κ2) is 9.14. The Labute approximate surface area is 146 Å². The van der Waals surface area contributed by atoms with Gasteiger partial charge in [-0.2, -0.15) is 0 Å². The monoisotopic (exact) mass is 336 g/mol. The first-order chi connectivity index (χ1) is 11.6. The number of hydrogen-bond donors (Lipinski definition) is 1. The van der Waals surface area contributed by atoms with Crippen molar-refractivity contribution in [3.8, 4) is 17.2 Å². The zero-order valence-electron chi connectivity index (χ0n) is 15.7. The average molecular weight is 336 g/mol. The Kier molecular flexibility index (Phi) is 7.18. The highest BCUT2D eigenvalue weighted by Gasteiger charge is 2.26. The van der Waals surface area contributed by atoms with Crippen LogP contribution in [0.4, 0.5) is 0 Å². The predicted octanol–water partition coefficient (Wildman–Crippen LogP) is 3.09. The standard InChI is InChI=1S/C19H32N2O3/c1-14(2)6-7-16(21-10-8-20-9-11-21)15-12-18(23-4)19(24-5)13-17(15)22-3/h12-14,16,20H,6-11H2,1-5H3/t16-/m1/s1. The highest BCUT2D eigenvalue weighted by molar-refractivity contribution is 5.52. The molecule has 0 bridgehead atoms. The van der Waals surface area contributed by atoms with E-state index in [0.29, 0.717) is 17.7 Å². The molecule has 0 aliphatic carbocycles. The molecule has 0 spiro atoms. The van der Waals surface area contributed by atoms with Crippen molar-refractivity contribution < 1.29 is 14.2 Å². The number of ether oxygens (including phenoxy) is 3. The Morgan fingerprint density at radius 1 is 0.917 bits per heavy atom. The molecule has 1 fully saturated rings. The van der Waals surface area contributed by atoms with Crippen LogP contribution in [-0.4, -0.2) is 52.4 Å². The van der Waals surface area contributed by atoms with Crippen molar-refractivity contribution in [3.05, 3.63) is 17.7 Å². The van der Waals surface area contributed by atoms with Crippen LogP contribution in [0.5, 0.6) is 17.2 Å². The number of piperazine rings is 1. The lowest BCUT2D eigenvalue weighted by Crippen LogP contribution is -2.45. The fraction of sp³-hybridized carbons (Fsp3) is 0.684. The molecule has 1 aliphatic rings. The molecule has 1 saturated heterocycles. The molecule has 5 nitrogen and oxygen atoms in total. The minimum Gasteiger partial charge on any atom is -0.496 e. The fourth-order valence-electron chi connectivity index (χ4n) is 3.33. The van der Waals surface area contributed by atoms with Gasteiger partial charge in [-0.3, -0.25) is 4.90 Å². The molecule has 1 N–H and O–H groups in total. The van der Waals surface area contributed by atoms with E-state index in [0.717, 1.165) is 44.1 Å². The number of nitrogens with zero attached hydrogens (tertiary/aromatic N) is 1. The van der Waals surface area contributed by atoms with Crippen LogP contribution in [0.15, 0.2) is 12.1 Å². The van der Waals surface area contributed by atoms with Crippen molar-refractivity contribution in [1.82, 2.24) is 10.2 Å². The summed E-state index contributed by atoms with van der Waals surface area (Å²) in [6, 6.07) is 4.37. The second-order valence-electron chi connectivity index (χ2n) is 6.72. The van der Waals surface area contributed by atoms with Gasteiger partial charge in [0.05, 0.1) is 21.3 Å². The molecule has 0 saturated carbocycles. The highest BCUT2D eigenvalue weighted by atomic mass is 16.5. The van der Waals surface area contributed by atoms with Crippen molar-refractivity contribution in [2.24, 2.45) is 5.92 Å². The molecule has 24 heavy (non-hydrogen) atoms. The summed E-state index contributed by atoms with van der Waals surface area (Å²) < 4.78 is 16.6. The number of benzene rings is 1. The molecule has 0 radical (unpaired) electrons. The van der Waals surface area contributed by atoms with Gasteiger partial charge in [0.2, 0.25) is 0 Å². The molecule has 136 valence electrons.